The number of carbonyl (C=O) groups is 1. The number of amides is 1. The van der Waals surface area contributed by atoms with Crippen LogP contribution in [0.25, 0.3) is 0 Å². The molecule has 2 aliphatic heterocycles. The van der Waals surface area contributed by atoms with Gasteiger partial charge < -0.3 is 9.80 Å². The highest BCUT2D eigenvalue weighted by Gasteiger charge is 2.26. The van der Waals surface area contributed by atoms with E-state index in [9.17, 15) is 4.79 Å². The first kappa shape index (κ1) is 15.9. The first-order valence-corrected chi connectivity index (χ1v) is 8.83. The van der Waals surface area contributed by atoms with Crippen LogP contribution in [-0.2, 0) is 17.8 Å². The third-order valence-corrected chi connectivity index (χ3v) is 5.09. The second-order valence-electron chi connectivity index (χ2n) is 6.70. The van der Waals surface area contributed by atoms with E-state index in [0.29, 0.717) is 12.5 Å². The normalized spacial score (nSPS) is 18.1. The van der Waals surface area contributed by atoms with E-state index in [4.69, 9.17) is 4.98 Å². The third kappa shape index (κ3) is 3.31. The summed E-state index contributed by atoms with van der Waals surface area (Å²) in [4.78, 5) is 33.7. The summed E-state index contributed by atoms with van der Waals surface area (Å²) in [6.45, 7) is 4.85. The maximum atomic E-state index is 11.5. The molecular weight excluding hydrogens is 316 g/mol. The highest BCUT2D eigenvalue weighted by atomic mass is 16.2. The zero-order valence-electron chi connectivity index (χ0n) is 14.4. The molecule has 4 heterocycles. The van der Waals surface area contributed by atoms with Crippen molar-refractivity contribution >= 4 is 11.9 Å². The minimum Gasteiger partial charge on any atom is -0.341 e. The first-order chi connectivity index (χ1) is 12.2. The van der Waals surface area contributed by atoms with Gasteiger partial charge in [0.05, 0.1) is 5.69 Å². The quantitative estimate of drug-likeness (QED) is 0.827. The summed E-state index contributed by atoms with van der Waals surface area (Å²) < 4.78 is 0. The Labute approximate surface area is 147 Å². The number of carbonyl (C=O) groups excluding carboxylic acids is 1. The van der Waals surface area contributed by atoms with E-state index in [0.717, 1.165) is 61.9 Å². The Morgan fingerprint density at radius 2 is 1.88 bits per heavy atom. The molecule has 0 unspecified atom stereocenters. The van der Waals surface area contributed by atoms with Crippen molar-refractivity contribution < 1.29 is 4.79 Å². The largest absolute Gasteiger partial charge is 0.341 e. The van der Waals surface area contributed by atoms with Gasteiger partial charge in [-0.25, -0.2) is 19.9 Å². The number of anilines is 1. The van der Waals surface area contributed by atoms with Crippen LogP contribution in [0.15, 0.2) is 24.7 Å². The van der Waals surface area contributed by atoms with Crippen molar-refractivity contribution in [3.05, 3.63) is 41.7 Å². The van der Waals surface area contributed by atoms with Crippen LogP contribution >= 0.6 is 0 Å². The Balaban J connectivity index is 1.43. The smallest absolute Gasteiger partial charge is 0.225 e. The average molecular weight is 338 g/mol. The molecule has 25 heavy (non-hydrogen) atoms. The van der Waals surface area contributed by atoms with Gasteiger partial charge >= 0.3 is 0 Å². The molecule has 2 aromatic heterocycles. The second-order valence-corrected chi connectivity index (χ2v) is 6.70. The highest BCUT2D eigenvalue weighted by molar-refractivity contribution is 5.73. The van der Waals surface area contributed by atoms with Gasteiger partial charge in [-0.2, -0.15) is 0 Å². The molecule has 2 aliphatic rings. The number of piperidine rings is 1. The number of aromatic nitrogens is 4. The molecular formula is C18H22N6O. The van der Waals surface area contributed by atoms with Gasteiger partial charge in [-0.3, -0.25) is 4.79 Å². The summed E-state index contributed by atoms with van der Waals surface area (Å²) in [5.41, 5.74) is 2.19. The second kappa shape index (κ2) is 6.74. The van der Waals surface area contributed by atoms with Crippen LogP contribution in [-0.4, -0.2) is 50.4 Å². The SMILES string of the molecule is CC(=O)N1CCc2nc(C3CCN(c4ncccn4)CC3)ncc2C1. The van der Waals surface area contributed by atoms with Gasteiger partial charge in [0.2, 0.25) is 11.9 Å². The highest BCUT2D eigenvalue weighted by Crippen LogP contribution is 2.28. The Bertz CT molecular complexity index is 757. The lowest BCUT2D eigenvalue weighted by atomic mass is 9.95. The van der Waals surface area contributed by atoms with E-state index in [1.54, 1.807) is 19.3 Å². The molecule has 1 amide bonds. The van der Waals surface area contributed by atoms with Gasteiger partial charge in [-0.05, 0) is 18.9 Å². The topological polar surface area (TPSA) is 75.1 Å². The van der Waals surface area contributed by atoms with Gasteiger partial charge in [0, 0.05) is 69.6 Å². The van der Waals surface area contributed by atoms with Crippen molar-refractivity contribution in [2.45, 2.75) is 38.6 Å². The van der Waals surface area contributed by atoms with Crippen molar-refractivity contribution in [3.63, 3.8) is 0 Å². The van der Waals surface area contributed by atoms with Crippen LogP contribution in [0.3, 0.4) is 0 Å². The van der Waals surface area contributed by atoms with Gasteiger partial charge in [-0.1, -0.05) is 0 Å². The standard InChI is InChI=1S/C18H22N6O/c1-13(25)24-10-5-16-15(12-24)11-21-17(22-16)14-3-8-23(9-4-14)18-19-6-2-7-20-18/h2,6-7,11,14H,3-5,8-10,12H2,1H3. The van der Waals surface area contributed by atoms with Gasteiger partial charge in [0.1, 0.15) is 5.82 Å². The van der Waals surface area contributed by atoms with E-state index in [-0.39, 0.29) is 5.91 Å². The molecule has 4 rings (SSSR count). The van der Waals surface area contributed by atoms with Crippen molar-refractivity contribution in [2.24, 2.45) is 0 Å². The van der Waals surface area contributed by atoms with Gasteiger partial charge in [0.15, 0.2) is 0 Å². The number of hydrogen-bond donors (Lipinski definition) is 0. The predicted octanol–water partition coefficient (Wildman–Crippen LogP) is 1.56. The summed E-state index contributed by atoms with van der Waals surface area (Å²) >= 11 is 0. The first-order valence-electron chi connectivity index (χ1n) is 8.83. The number of hydrogen-bond acceptors (Lipinski definition) is 6. The minimum absolute atomic E-state index is 0.116. The minimum atomic E-state index is 0.116. The maximum Gasteiger partial charge on any atom is 0.225 e. The molecule has 0 aliphatic carbocycles. The number of fused-ring (bicyclic) bond motifs is 1. The van der Waals surface area contributed by atoms with Crippen LogP contribution in [0.2, 0.25) is 0 Å². The van der Waals surface area contributed by atoms with Crippen LogP contribution in [0, 0.1) is 0 Å². The van der Waals surface area contributed by atoms with Crippen molar-refractivity contribution in [3.8, 4) is 0 Å². The molecule has 2 aromatic rings. The fraction of sp³-hybridized carbons (Fsp3) is 0.500. The monoisotopic (exact) mass is 338 g/mol. The van der Waals surface area contributed by atoms with E-state index in [2.05, 4.69) is 19.9 Å². The lowest BCUT2D eigenvalue weighted by molar-refractivity contribution is -0.129. The molecule has 7 nitrogen and oxygen atoms in total. The van der Waals surface area contributed by atoms with E-state index >= 15 is 0 Å². The van der Waals surface area contributed by atoms with Crippen LogP contribution < -0.4 is 4.90 Å². The summed E-state index contributed by atoms with van der Waals surface area (Å²) in [7, 11) is 0. The van der Waals surface area contributed by atoms with E-state index < -0.39 is 0 Å². The Hall–Kier alpha value is -2.57. The maximum absolute atomic E-state index is 11.5. The number of nitrogens with zero attached hydrogens (tertiary/aromatic N) is 6. The predicted molar refractivity (Wildman–Crippen MR) is 93.0 cm³/mol. The fourth-order valence-corrected chi connectivity index (χ4v) is 3.59. The van der Waals surface area contributed by atoms with E-state index in [1.165, 1.54) is 0 Å². The van der Waals surface area contributed by atoms with Gasteiger partial charge in [-0.15, -0.1) is 0 Å². The van der Waals surface area contributed by atoms with Crippen LogP contribution in [0.5, 0.6) is 0 Å². The molecule has 0 atom stereocenters. The molecule has 0 saturated carbocycles. The summed E-state index contributed by atoms with van der Waals surface area (Å²) in [5, 5.41) is 0. The number of rotatable bonds is 2. The molecule has 130 valence electrons. The molecule has 1 saturated heterocycles. The lowest BCUT2D eigenvalue weighted by Gasteiger charge is -2.32. The zero-order chi connectivity index (χ0) is 17.2. The Morgan fingerprint density at radius 3 is 2.60 bits per heavy atom. The Kier molecular flexibility index (Phi) is 4.29. The van der Waals surface area contributed by atoms with Gasteiger partial charge in [0.25, 0.3) is 0 Å². The summed E-state index contributed by atoms with van der Waals surface area (Å²) in [6, 6.07) is 1.84. The molecule has 0 radical (unpaired) electrons. The average Bonchev–Trinajstić information content (AvgIpc) is 2.68. The molecule has 0 spiro atoms. The molecule has 1 fully saturated rings. The van der Waals surface area contributed by atoms with Crippen molar-refractivity contribution in [1.29, 1.82) is 0 Å². The zero-order valence-corrected chi connectivity index (χ0v) is 14.4. The molecule has 7 heteroatoms. The summed E-state index contributed by atoms with van der Waals surface area (Å²) in [5.74, 6) is 2.25. The fourth-order valence-electron chi connectivity index (χ4n) is 3.59. The molecule has 0 aromatic carbocycles. The van der Waals surface area contributed by atoms with Crippen molar-refractivity contribution in [2.75, 3.05) is 24.5 Å². The summed E-state index contributed by atoms with van der Waals surface area (Å²) in [6.07, 6.45) is 8.32. The third-order valence-electron chi connectivity index (χ3n) is 5.09. The molecule has 0 N–H and O–H groups in total. The van der Waals surface area contributed by atoms with Crippen molar-refractivity contribution in [1.82, 2.24) is 24.8 Å². The van der Waals surface area contributed by atoms with Crippen LogP contribution in [0.4, 0.5) is 5.95 Å². The Morgan fingerprint density at radius 1 is 1.12 bits per heavy atom. The van der Waals surface area contributed by atoms with E-state index in [1.807, 2.05) is 17.2 Å². The van der Waals surface area contributed by atoms with Crippen LogP contribution in [0.1, 0.15) is 42.8 Å². The molecule has 0 bridgehead atoms. The lowest BCUT2D eigenvalue weighted by Crippen LogP contribution is -2.36.